The van der Waals surface area contributed by atoms with Gasteiger partial charge in [-0.2, -0.15) is 0 Å². The SMILES string of the molecule is CCN1CCN(C(C)CNC(=NC)NCC(O)c2cc3ccccc3s2)CC1. The lowest BCUT2D eigenvalue weighted by Crippen LogP contribution is -2.53. The minimum Gasteiger partial charge on any atom is -0.386 e. The zero-order valence-electron chi connectivity index (χ0n) is 17.2. The average Bonchev–Trinajstić information content (AvgIpc) is 3.18. The minimum atomic E-state index is -0.546. The van der Waals surface area contributed by atoms with E-state index < -0.39 is 6.10 Å². The first-order valence-electron chi connectivity index (χ1n) is 10.2. The number of aliphatic imine (C=N–C) groups is 1. The lowest BCUT2D eigenvalue weighted by molar-refractivity contribution is 0.107. The Bertz CT molecular complexity index is 736. The molecule has 0 radical (unpaired) electrons. The van der Waals surface area contributed by atoms with E-state index in [9.17, 15) is 5.11 Å². The summed E-state index contributed by atoms with van der Waals surface area (Å²) in [4.78, 5) is 10.3. The average molecular weight is 404 g/mol. The molecule has 0 aliphatic carbocycles. The number of nitrogens with one attached hydrogen (secondary N) is 2. The third-order valence-electron chi connectivity index (χ3n) is 5.50. The Balaban J connectivity index is 1.44. The number of hydrogen-bond acceptors (Lipinski definition) is 5. The predicted octanol–water partition coefficient (Wildman–Crippen LogP) is 2.13. The van der Waals surface area contributed by atoms with Gasteiger partial charge in [0.1, 0.15) is 6.10 Å². The largest absolute Gasteiger partial charge is 0.386 e. The van der Waals surface area contributed by atoms with E-state index in [1.165, 1.54) is 10.1 Å². The first-order valence-corrected chi connectivity index (χ1v) is 11.0. The zero-order valence-corrected chi connectivity index (χ0v) is 18.0. The van der Waals surface area contributed by atoms with Crippen LogP contribution in [0.3, 0.4) is 0 Å². The van der Waals surface area contributed by atoms with Crippen LogP contribution in [-0.4, -0.2) is 79.8 Å². The van der Waals surface area contributed by atoms with Gasteiger partial charge < -0.3 is 20.6 Å². The van der Waals surface area contributed by atoms with Crippen LogP contribution in [0.4, 0.5) is 0 Å². The quantitative estimate of drug-likeness (QED) is 0.488. The molecular formula is C21H33N5OS. The van der Waals surface area contributed by atoms with Crippen LogP contribution in [0.25, 0.3) is 10.1 Å². The molecule has 6 nitrogen and oxygen atoms in total. The van der Waals surface area contributed by atoms with Crippen molar-refractivity contribution in [1.29, 1.82) is 0 Å². The van der Waals surface area contributed by atoms with Gasteiger partial charge in [0.05, 0.1) is 0 Å². The van der Waals surface area contributed by atoms with Crippen molar-refractivity contribution in [2.45, 2.75) is 26.0 Å². The number of likely N-dealkylation sites (N-methyl/N-ethyl adjacent to an activating group) is 1. The third kappa shape index (κ3) is 5.44. The molecule has 154 valence electrons. The molecule has 28 heavy (non-hydrogen) atoms. The molecule has 3 N–H and O–H groups in total. The fraction of sp³-hybridized carbons (Fsp3) is 0.571. The number of piperazine rings is 1. The molecule has 0 spiro atoms. The summed E-state index contributed by atoms with van der Waals surface area (Å²) in [5.41, 5.74) is 0. The van der Waals surface area contributed by atoms with Crippen LogP contribution in [0.2, 0.25) is 0 Å². The summed E-state index contributed by atoms with van der Waals surface area (Å²) >= 11 is 1.64. The summed E-state index contributed by atoms with van der Waals surface area (Å²) < 4.78 is 1.20. The number of nitrogens with zero attached hydrogens (tertiary/aromatic N) is 3. The Morgan fingerprint density at radius 3 is 2.57 bits per heavy atom. The smallest absolute Gasteiger partial charge is 0.191 e. The molecular weight excluding hydrogens is 370 g/mol. The highest BCUT2D eigenvalue weighted by molar-refractivity contribution is 7.19. The molecule has 1 fully saturated rings. The molecule has 1 aliphatic heterocycles. The summed E-state index contributed by atoms with van der Waals surface area (Å²) in [6.07, 6.45) is -0.546. The highest BCUT2D eigenvalue weighted by Gasteiger charge is 2.20. The van der Waals surface area contributed by atoms with Crippen LogP contribution in [0.5, 0.6) is 0 Å². The standard InChI is InChI=1S/C21H33N5OS/c1-4-25-9-11-26(12-10-25)16(2)14-23-21(22-3)24-15-18(27)20-13-17-7-5-6-8-19(17)28-20/h5-8,13,16,18,27H,4,9-12,14-15H2,1-3H3,(H2,22,23,24). The van der Waals surface area contributed by atoms with E-state index in [1.807, 2.05) is 12.1 Å². The van der Waals surface area contributed by atoms with Gasteiger partial charge in [0.25, 0.3) is 0 Å². The molecule has 2 atom stereocenters. The van der Waals surface area contributed by atoms with Gasteiger partial charge in [0.15, 0.2) is 5.96 Å². The zero-order chi connectivity index (χ0) is 19.9. The molecule has 0 amide bonds. The van der Waals surface area contributed by atoms with Crippen molar-refractivity contribution in [3.63, 3.8) is 0 Å². The van der Waals surface area contributed by atoms with Crippen LogP contribution >= 0.6 is 11.3 Å². The van der Waals surface area contributed by atoms with Crippen LogP contribution in [0.1, 0.15) is 24.8 Å². The molecule has 7 heteroatoms. The fourth-order valence-corrected chi connectivity index (χ4v) is 4.63. The highest BCUT2D eigenvalue weighted by Crippen LogP contribution is 2.29. The predicted molar refractivity (Wildman–Crippen MR) is 119 cm³/mol. The summed E-state index contributed by atoms with van der Waals surface area (Å²) in [6.45, 7) is 11.4. The molecule has 1 aliphatic rings. The van der Waals surface area contributed by atoms with Gasteiger partial charge in [0.2, 0.25) is 0 Å². The third-order valence-corrected chi connectivity index (χ3v) is 6.72. The first kappa shape index (κ1) is 21.0. The summed E-state index contributed by atoms with van der Waals surface area (Å²) in [5.74, 6) is 0.735. The molecule has 1 aromatic heterocycles. The van der Waals surface area contributed by atoms with E-state index >= 15 is 0 Å². The molecule has 0 saturated carbocycles. The lowest BCUT2D eigenvalue weighted by Gasteiger charge is -2.37. The summed E-state index contributed by atoms with van der Waals surface area (Å²) in [6, 6.07) is 10.7. The number of aliphatic hydroxyl groups excluding tert-OH is 1. The maximum atomic E-state index is 10.5. The molecule has 1 aromatic carbocycles. The number of hydrogen-bond donors (Lipinski definition) is 3. The van der Waals surface area contributed by atoms with Crippen molar-refractivity contribution >= 4 is 27.4 Å². The van der Waals surface area contributed by atoms with E-state index in [-0.39, 0.29) is 0 Å². The minimum absolute atomic E-state index is 0.441. The topological polar surface area (TPSA) is 63.1 Å². The van der Waals surface area contributed by atoms with Gasteiger partial charge in [-0.3, -0.25) is 9.89 Å². The van der Waals surface area contributed by atoms with Crippen molar-refractivity contribution in [3.8, 4) is 0 Å². The van der Waals surface area contributed by atoms with Gasteiger partial charge in [-0.15, -0.1) is 11.3 Å². The van der Waals surface area contributed by atoms with Crippen LogP contribution < -0.4 is 10.6 Å². The van der Waals surface area contributed by atoms with E-state index in [0.717, 1.165) is 50.1 Å². The number of rotatable bonds is 7. The summed E-state index contributed by atoms with van der Waals surface area (Å²) in [5, 5.41) is 18.4. The molecule has 1 saturated heterocycles. The monoisotopic (exact) mass is 403 g/mol. The number of fused-ring (bicyclic) bond motifs is 1. The second-order valence-corrected chi connectivity index (χ2v) is 8.47. The fourth-order valence-electron chi connectivity index (χ4n) is 3.58. The van der Waals surface area contributed by atoms with Crippen molar-refractivity contribution in [2.24, 2.45) is 4.99 Å². The Kier molecular flexibility index (Phi) is 7.67. The number of aliphatic hydroxyl groups is 1. The van der Waals surface area contributed by atoms with Crippen LogP contribution in [0.15, 0.2) is 35.3 Å². The van der Waals surface area contributed by atoms with Gasteiger partial charge in [-0.25, -0.2) is 0 Å². The first-order chi connectivity index (χ1) is 13.6. The Morgan fingerprint density at radius 2 is 1.89 bits per heavy atom. The van der Waals surface area contributed by atoms with Crippen LogP contribution in [0, 0.1) is 0 Å². The van der Waals surface area contributed by atoms with Gasteiger partial charge >= 0.3 is 0 Å². The van der Waals surface area contributed by atoms with Crippen molar-refractivity contribution in [2.75, 3.05) is 52.9 Å². The van der Waals surface area contributed by atoms with Crippen molar-refractivity contribution < 1.29 is 5.11 Å². The van der Waals surface area contributed by atoms with Gasteiger partial charge in [-0.1, -0.05) is 25.1 Å². The molecule has 2 heterocycles. The second kappa shape index (κ2) is 10.2. The molecule has 3 rings (SSSR count). The van der Waals surface area contributed by atoms with Crippen molar-refractivity contribution in [3.05, 3.63) is 35.2 Å². The maximum absolute atomic E-state index is 10.5. The normalized spacial score (nSPS) is 18.9. The molecule has 0 bridgehead atoms. The van der Waals surface area contributed by atoms with E-state index in [0.29, 0.717) is 12.6 Å². The summed E-state index contributed by atoms with van der Waals surface area (Å²) in [7, 11) is 1.77. The number of benzene rings is 1. The molecule has 2 aromatic rings. The van der Waals surface area contributed by atoms with E-state index in [1.54, 1.807) is 18.4 Å². The number of thiophene rings is 1. The van der Waals surface area contributed by atoms with E-state index in [4.69, 9.17) is 0 Å². The highest BCUT2D eigenvalue weighted by atomic mass is 32.1. The lowest BCUT2D eigenvalue weighted by atomic mass is 10.2. The van der Waals surface area contributed by atoms with E-state index in [2.05, 4.69) is 57.5 Å². The maximum Gasteiger partial charge on any atom is 0.191 e. The van der Waals surface area contributed by atoms with Crippen LogP contribution in [-0.2, 0) is 0 Å². The number of guanidine groups is 1. The molecule has 2 unspecified atom stereocenters. The van der Waals surface area contributed by atoms with Gasteiger partial charge in [-0.05, 0) is 31.0 Å². The Labute approximate surface area is 172 Å². The second-order valence-electron chi connectivity index (χ2n) is 7.36. The van der Waals surface area contributed by atoms with Crippen molar-refractivity contribution in [1.82, 2.24) is 20.4 Å². The Morgan fingerprint density at radius 1 is 1.18 bits per heavy atom. The van der Waals surface area contributed by atoms with Gasteiger partial charge in [0, 0.05) is 61.9 Å². The Hall–Kier alpha value is -1.67.